The number of hydrogen-bond donors (Lipinski definition) is 1. The lowest BCUT2D eigenvalue weighted by molar-refractivity contribution is 0.634. The predicted octanol–water partition coefficient (Wildman–Crippen LogP) is 1.60. The molecule has 1 aliphatic heterocycles. The third kappa shape index (κ3) is 3.85. The van der Waals surface area contributed by atoms with Crippen molar-refractivity contribution in [3.63, 3.8) is 0 Å². The van der Waals surface area contributed by atoms with Gasteiger partial charge in [0.1, 0.15) is 18.0 Å². The molecule has 132 valence electrons. The Kier molecular flexibility index (Phi) is 4.81. The lowest BCUT2D eigenvalue weighted by Crippen LogP contribution is -2.47. The maximum atomic E-state index is 4.43. The molecular formula is C18H20N8. The number of pyridine rings is 1. The van der Waals surface area contributed by atoms with E-state index in [2.05, 4.69) is 40.0 Å². The second-order valence-corrected chi connectivity index (χ2v) is 5.96. The monoisotopic (exact) mass is 348 g/mol. The molecule has 4 heterocycles. The molecule has 1 fully saturated rings. The molecule has 0 spiro atoms. The van der Waals surface area contributed by atoms with E-state index in [1.807, 2.05) is 30.3 Å². The molecule has 26 heavy (non-hydrogen) atoms. The quantitative estimate of drug-likeness (QED) is 0.744. The highest BCUT2D eigenvalue weighted by atomic mass is 15.3. The van der Waals surface area contributed by atoms with Crippen molar-refractivity contribution in [2.24, 2.45) is 0 Å². The second-order valence-electron chi connectivity index (χ2n) is 5.96. The predicted molar refractivity (Wildman–Crippen MR) is 100 cm³/mol. The topological polar surface area (TPSA) is 83.0 Å². The lowest BCUT2D eigenvalue weighted by atomic mass is 10.3. The number of nitrogens with one attached hydrogen (secondary N) is 1. The molecule has 0 unspecified atom stereocenters. The lowest BCUT2D eigenvalue weighted by Gasteiger charge is -2.35. The maximum absolute atomic E-state index is 4.43. The van der Waals surface area contributed by atoms with E-state index in [0.717, 1.165) is 49.5 Å². The van der Waals surface area contributed by atoms with Crippen molar-refractivity contribution < 1.29 is 0 Å². The molecule has 8 heteroatoms. The van der Waals surface area contributed by atoms with Gasteiger partial charge >= 0.3 is 0 Å². The molecule has 0 bridgehead atoms. The Balaban J connectivity index is 1.36. The molecule has 3 aromatic rings. The molecule has 0 radical (unpaired) electrons. The molecule has 0 saturated carbocycles. The first-order valence-electron chi connectivity index (χ1n) is 8.61. The van der Waals surface area contributed by atoms with Crippen LogP contribution in [0.25, 0.3) is 0 Å². The van der Waals surface area contributed by atoms with Crippen molar-refractivity contribution in [3.8, 4) is 0 Å². The summed E-state index contributed by atoms with van der Waals surface area (Å²) in [6.45, 7) is 4.11. The Morgan fingerprint density at radius 3 is 2.35 bits per heavy atom. The van der Waals surface area contributed by atoms with Crippen LogP contribution in [0.15, 0.2) is 55.2 Å². The average Bonchev–Trinajstić information content (AvgIpc) is 2.74. The summed E-state index contributed by atoms with van der Waals surface area (Å²) < 4.78 is 0. The Morgan fingerprint density at radius 1 is 0.808 bits per heavy atom. The number of nitrogens with zero attached hydrogens (tertiary/aromatic N) is 7. The minimum absolute atomic E-state index is 0.635. The van der Waals surface area contributed by atoms with Crippen LogP contribution in [0.3, 0.4) is 0 Å². The van der Waals surface area contributed by atoms with Gasteiger partial charge in [-0.1, -0.05) is 6.07 Å². The van der Waals surface area contributed by atoms with Gasteiger partial charge in [-0.05, 0) is 18.2 Å². The third-order valence-corrected chi connectivity index (χ3v) is 4.27. The van der Waals surface area contributed by atoms with E-state index < -0.39 is 0 Å². The van der Waals surface area contributed by atoms with Crippen LogP contribution in [-0.2, 0) is 6.54 Å². The summed E-state index contributed by atoms with van der Waals surface area (Å²) in [5.41, 5.74) is 0.976. The zero-order valence-corrected chi connectivity index (χ0v) is 14.4. The average molecular weight is 348 g/mol. The zero-order valence-electron chi connectivity index (χ0n) is 14.4. The summed E-state index contributed by atoms with van der Waals surface area (Å²) in [6, 6.07) is 9.69. The van der Waals surface area contributed by atoms with Gasteiger partial charge in [0.2, 0.25) is 5.95 Å². The molecule has 8 nitrogen and oxygen atoms in total. The van der Waals surface area contributed by atoms with Crippen LogP contribution in [0.4, 0.5) is 17.6 Å². The van der Waals surface area contributed by atoms with Gasteiger partial charge in [-0.3, -0.25) is 4.98 Å². The van der Waals surface area contributed by atoms with E-state index >= 15 is 0 Å². The summed E-state index contributed by atoms with van der Waals surface area (Å²) in [5.74, 6) is 2.51. The molecule has 0 aliphatic carbocycles. The van der Waals surface area contributed by atoms with Crippen LogP contribution in [0.5, 0.6) is 0 Å². The molecule has 1 N–H and O–H groups in total. The van der Waals surface area contributed by atoms with Gasteiger partial charge in [0.15, 0.2) is 0 Å². The fourth-order valence-electron chi connectivity index (χ4n) is 2.89. The molecule has 1 aliphatic rings. The van der Waals surface area contributed by atoms with Crippen LogP contribution in [0, 0.1) is 0 Å². The highest BCUT2D eigenvalue weighted by Crippen LogP contribution is 2.18. The van der Waals surface area contributed by atoms with Crippen LogP contribution >= 0.6 is 0 Å². The largest absolute Gasteiger partial charge is 0.364 e. The van der Waals surface area contributed by atoms with Gasteiger partial charge in [0.05, 0.1) is 12.2 Å². The van der Waals surface area contributed by atoms with Gasteiger partial charge in [0, 0.05) is 50.8 Å². The fourth-order valence-corrected chi connectivity index (χ4v) is 2.89. The molecule has 4 rings (SSSR count). The van der Waals surface area contributed by atoms with E-state index in [9.17, 15) is 0 Å². The van der Waals surface area contributed by atoms with E-state index in [1.54, 1.807) is 24.9 Å². The summed E-state index contributed by atoms with van der Waals surface area (Å²) in [6.07, 6.45) is 6.94. The van der Waals surface area contributed by atoms with Crippen LogP contribution in [0.2, 0.25) is 0 Å². The Labute approximate surface area is 152 Å². The zero-order chi connectivity index (χ0) is 17.6. The van der Waals surface area contributed by atoms with Crippen LogP contribution in [-0.4, -0.2) is 51.1 Å². The number of rotatable bonds is 5. The van der Waals surface area contributed by atoms with Gasteiger partial charge < -0.3 is 15.1 Å². The molecule has 0 atom stereocenters. The normalized spacial score (nSPS) is 14.3. The van der Waals surface area contributed by atoms with Crippen molar-refractivity contribution in [2.45, 2.75) is 6.54 Å². The summed E-state index contributed by atoms with van der Waals surface area (Å²) in [5, 5.41) is 3.30. The van der Waals surface area contributed by atoms with Crippen molar-refractivity contribution in [2.75, 3.05) is 41.3 Å². The first-order chi connectivity index (χ1) is 12.9. The standard InChI is InChI=1S/C18H20N8/c1-2-5-19-15(4-1)13-22-16-12-17(24-14-23-16)25-8-10-26(11-9-25)18-20-6-3-7-21-18/h1-7,12,14H,8-11,13H2,(H,22,23,24). The minimum Gasteiger partial charge on any atom is -0.364 e. The second kappa shape index (κ2) is 7.73. The number of anilines is 3. The third-order valence-electron chi connectivity index (χ3n) is 4.27. The molecule has 3 aromatic heterocycles. The van der Waals surface area contributed by atoms with Crippen molar-refractivity contribution in [1.82, 2.24) is 24.9 Å². The van der Waals surface area contributed by atoms with E-state index in [1.165, 1.54) is 0 Å². The highest BCUT2D eigenvalue weighted by molar-refractivity contribution is 5.50. The first-order valence-corrected chi connectivity index (χ1v) is 8.61. The van der Waals surface area contributed by atoms with Gasteiger partial charge in [-0.2, -0.15) is 0 Å². The Hall–Kier alpha value is -3.29. The number of aromatic nitrogens is 5. The number of piperazine rings is 1. The first kappa shape index (κ1) is 16.2. The van der Waals surface area contributed by atoms with Crippen molar-refractivity contribution in [1.29, 1.82) is 0 Å². The van der Waals surface area contributed by atoms with Crippen molar-refractivity contribution in [3.05, 3.63) is 60.9 Å². The highest BCUT2D eigenvalue weighted by Gasteiger charge is 2.20. The number of hydrogen-bond acceptors (Lipinski definition) is 8. The van der Waals surface area contributed by atoms with Crippen molar-refractivity contribution >= 4 is 17.6 Å². The molecule has 0 aromatic carbocycles. The van der Waals surface area contributed by atoms with Gasteiger partial charge in [0.25, 0.3) is 0 Å². The van der Waals surface area contributed by atoms with E-state index in [0.29, 0.717) is 6.54 Å². The fraction of sp³-hybridized carbons (Fsp3) is 0.278. The Morgan fingerprint density at radius 2 is 1.58 bits per heavy atom. The summed E-state index contributed by atoms with van der Waals surface area (Å²) in [4.78, 5) is 26.1. The Bertz CT molecular complexity index is 819. The summed E-state index contributed by atoms with van der Waals surface area (Å²) in [7, 11) is 0. The van der Waals surface area contributed by atoms with Crippen LogP contribution in [0.1, 0.15) is 5.69 Å². The smallest absolute Gasteiger partial charge is 0.225 e. The van der Waals surface area contributed by atoms with Crippen LogP contribution < -0.4 is 15.1 Å². The molecular weight excluding hydrogens is 328 g/mol. The molecule has 0 amide bonds. The molecule has 1 saturated heterocycles. The van der Waals surface area contributed by atoms with E-state index in [-0.39, 0.29) is 0 Å². The SMILES string of the molecule is c1ccc(CNc2cc(N3CCN(c4ncccn4)CC3)ncn2)nc1. The minimum atomic E-state index is 0.635. The van der Waals surface area contributed by atoms with E-state index in [4.69, 9.17) is 0 Å². The summed E-state index contributed by atoms with van der Waals surface area (Å²) >= 11 is 0. The van der Waals surface area contributed by atoms with Gasteiger partial charge in [-0.25, -0.2) is 19.9 Å². The van der Waals surface area contributed by atoms with Gasteiger partial charge in [-0.15, -0.1) is 0 Å². The maximum Gasteiger partial charge on any atom is 0.225 e.